The molecule has 0 bridgehead atoms. The zero-order chi connectivity index (χ0) is 15.9. The van der Waals surface area contributed by atoms with Gasteiger partial charge in [0.1, 0.15) is 13.2 Å². The average Bonchev–Trinajstić information content (AvgIpc) is 2.48. The number of hydrogen-bond donors (Lipinski definition) is 1. The van der Waals surface area contributed by atoms with E-state index in [2.05, 4.69) is 0 Å². The molecule has 0 unspecified atom stereocenters. The summed E-state index contributed by atoms with van der Waals surface area (Å²) in [5.41, 5.74) is 0.623. The van der Waals surface area contributed by atoms with Crippen LogP contribution in [0.15, 0.2) is 35.1 Å². The minimum Gasteiger partial charge on any atom is -0.486 e. The van der Waals surface area contributed by atoms with E-state index in [0.29, 0.717) is 30.3 Å². The second-order valence-corrected chi connectivity index (χ2v) is 5.91. The Morgan fingerprint density at radius 1 is 1.09 bits per heavy atom. The monoisotopic (exact) mass is 301 g/mol. The van der Waals surface area contributed by atoms with E-state index in [4.69, 9.17) is 9.47 Å². The van der Waals surface area contributed by atoms with Crippen molar-refractivity contribution in [3.8, 4) is 22.8 Å². The highest BCUT2D eigenvalue weighted by molar-refractivity contribution is 5.64. The summed E-state index contributed by atoms with van der Waals surface area (Å²) in [6, 6.07) is 9.12. The Morgan fingerprint density at radius 2 is 1.77 bits per heavy atom. The van der Waals surface area contributed by atoms with Gasteiger partial charge in [0.05, 0.1) is 11.3 Å². The molecular formula is C17H19NO4. The van der Waals surface area contributed by atoms with Gasteiger partial charge in [0.2, 0.25) is 0 Å². The number of nitrogens with zero attached hydrogens (tertiary/aromatic N) is 1. The third-order valence-corrected chi connectivity index (χ3v) is 3.80. The lowest BCUT2D eigenvalue weighted by Gasteiger charge is -2.21. The van der Waals surface area contributed by atoms with E-state index < -0.39 is 5.60 Å². The van der Waals surface area contributed by atoms with E-state index in [0.717, 1.165) is 11.3 Å². The van der Waals surface area contributed by atoms with Gasteiger partial charge in [0.25, 0.3) is 5.56 Å². The summed E-state index contributed by atoms with van der Waals surface area (Å²) in [7, 11) is 1.70. The molecule has 1 aromatic carbocycles. The van der Waals surface area contributed by atoms with Crippen LogP contribution in [-0.4, -0.2) is 22.9 Å². The minimum atomic E-state index is -1.17. The molecule has 2 aromatic rings. The van der Waals surface area contributed by atoms with Gasteiger partial charge < -0.3 is 19.1 Å². The van der Waals surface area contributed by atoms with Gasteiger partial charge in [-0.3, -0.25) is 4.79 Å². The fraction of sp³-hybridized carbons (Fsp3) is 0.353. The summed E-state index contributed by atoms with van der Waals surface area (Å²) >= 11 is 0. The van der Waals surface area contributed by atoms with Gasteiger partial charge in [-0.25, -0.2) is 0 Å². The highest BCUT2D eigenvalue weighted by Gasteiger charge is 2.22. The Balaban J connectivity index is 2.10. The molecule has 0 atom stereocenters. The first-order valence-electron chi connectivity index (χ1n) is 7.21. The quantitative estimate of drug-likeness (QED) is 0.922. The van der Waals surface area contributed by atoms with Gasteiger partial charge in [-0.05, 0) is 44.2 Å². The molecule has 5 heteroatoms. The topological polar surface area (TPSA) is 60.7 Å². The van der Waals surface area contributed by atoms with E-state index in [-0.39, 0.29) is 5.56 Å². The maximum Gasteiger partial charge on any atom is 0.256 e. The van der Waals surface area contributed by atoms with Gasteiger partial charge >= 0.3 is 0 Å². The van der Waals surface area contributed by atoms with Crippen LogP contribution >= 0.6 is 0 Å². The molecule has 1 aliphatic heterocycles. The van der Waals surface area contributed by atoms with Gasteiger partial charge in [-0.15, -0.1) is 0 Å². The summed E-state index contributed by atoms with van der Waals surface area (Å²) in [4.78, 5) is 12.4. The van der Waals surface area contributed by atoms with E-state index in [1.54, 1.807) is 31.5 Å². The SMILES string of the molecule is Cn1c(-c2ccc3c(c2)OCCO3)ccc(C(C)(C)O)c1=O. The summed E-state index contributed by atoms with van der Waals surface area (Å²) < 4.78 is 12.6. The largest absolute Gasteiger partial charge is 0.486 e. The van der Waals surface area contributed by atoms with Crippen molar-refractivity contribution in [2.45, 2.75) is 19.4 Å². The van der Waals surface area contributed by atoms with Crippen molar-refractivity contribution < 1.29 is 14.6 Å². The van der Waals surface area contributed by atoms with Crippen LogP contribution in [0.4, 0.5) is 0 Å². The molecule has 1 aromatic heterocycles. The number of benzene rings is 1. The maximum absolute atomic E-state index is 12.4. The van der Waals surface area contributed by atoms with Crippen molar-refractivity contribution in [1.29, 1.82) is 0 Å². The lowest BCUT2D eigenvalue weighted by atomic mass is 9.98. The predicted octanol–water partition coefficient (Wildman–Crippen LogP) is 2.05. The Morgan fingerprint density at radius 3 is 2.45 bits per heavy atom. The molecule has 22 heavy (non-hydrogen) atoms. The molecule has 2 heterocycles. The predicted molar refractivity (Wildman–Crippen MR) is 83.4 cm³/mol. The molecule has 0 saturated carbocycles. The number of rotatable bonds is 2. The first kappa shape index (κ1) is 14.7. The van der Waals surface area contributed by atoms with Crippen molar-refractivity contribution in [3.05, 3.63) is 46.2 Å². The van der Waals surface area contributed by atoms with Crippen LogP contribution in [0.3, 0.4) is 0 Å². The van der Waals surface area contributed by atoms with Gasteiger partial charge in [0.15, 0.2) is 11.5 Å². The Labute approximate surface area is 128 Å². The Bertz CT molecular complexity index is 771. The molecule has 116 valence electrons. The molecular weight excluding hydrogens is 282 g/mol. The first-order chi connectivity index (χ1) is 10.4. The third kappa shape index (κ3) is 2.48. The number of pyridine rings is 1. The summed E-state index contributed by atoms with van der Waals surface area (Å²) in [5.74, 6) is 1.40. The highest BCUT2D eigenvalue weighted by atomic mass is 16.6. The van der Waals surface area contributed by atoms with Crippen molar-refractivity contribution >= 4 is 0 Å². The van der Waals surface area contributed by atoms with Crippen molar-refractivity contribution in [1.82, 2.24) is 4.57 Å². The molecule has 5 nitrogen and oxygen atoms in total. The minimum absolute atomic E-state index is 0.208. The van der Waals surface area contributed by atoms with E-state index in [1.165, 1.54) is 0 Å². The van der Waals surface area contributed by atoms with Crippen LogP contribution in [-0.2, 0) is 12.6 Å². The molecule has 1 aliphatic rings. The number of hydrogen-bond acceptors (Lipinski definition) is 4. The number of ether oxygens (including phenoxy) is 2. The number of aromatic nitrogens is 1. The average molecular weight is 301 g/mol. The van der Waals surface area contributed by atoms with Gasteiger partial charge in [-0.2, -0.15) is 0 Å². The second-order valence-electron chi connectivity index (χ2n) is 5.91. The maximum atomic E-state index is 12.4. The summed E-state index contributed by atoms with van der Waals surface area (Å²) in [6.07, 6.45) is 0. The fourth-order valence-corrected chi connectivity index (χ4v) is 2.59. The molecule has 0 fully saturated rings. The van der Waals surface area contributed by atoms with Crippen LogP contribution in [0.2, 0.25) is 0 Å². The number of aliphatic hydroxyl groups is 1. The molecule has 3 rings (SSSR count). The van der Waals surface area contributed by atoms with Crippen LogP contribution < -0.4 is 15.0 Å². The van der Waals surface area contributed by atoms with Crippen molar-refractivity contribution in [2.75, 3.05) is 13.2 Å². The molecule has 0 radical (unpaired) electrons. The molecule has 1 N–H and O–H groups in total. The second kappa shape index (κ2) is 5.18. The lowest BCUT2D eigenvalue weighted by molar-refractivity contribution is 0.0766. The highest BCUT2D eigenvalue weighted by Crippen LogP contribution is 2.34. The third-order valence-electron chi connectivity index (χ3n) is 3.80. The molecule has 0 spiro atoms. The van der Waals surface area contributed by atoms with Crippen LogP contribution in [0.5, 0.6) is 11.5 Å². The molecule has 0 aliphatic carbocycles. The van der Waals surface area contributed by atoms with Gasteiger partial charge in [0, 0.05) is 18.2 Å². The lowest BCUT2D eigenvalue weighted by Crippen LogP contribution is -2.31. The van der Waals surface area contributed by atoms with Crippen molar-refractivity contribution in [2.24, 2.45) is 7.05 Å². The molecule has 0 amide bonds. The van der Waals surface area contributed by atoms with Gasteiger partial charge in [-0.1, -0.05) is 0 Å². The smallest absolute Gasteiger partial charge is 0.256 e. The fourth-order valence-electron chi connectivity index (χ4n) is 2.59. The summed E-state index contributed by atoms with van der Waals surface area (Å²) in [6.45, 7) is 4.28. The van der Waals surface area contributed by atoms with E-state index in [9.17, 15) is 9.90 Å². The normalized spacial score (nSPS) is 14.0. The zero-order valence-corrected chi connectivity index (χ0v) is 12.9. The van der Waals surface area contributed by atoms with Crippen LogP contribution in [0, 0.1) is 0 Å². The van der Waals surface area contributed by atoms with Crippen LogP contribution in [0.1, 0.15) is 19.4 Å². The summed E-state index contributed by atoms with van der Waals surface area (Å²) in [5, 5.41) is 10.1. The van der Waals surface area contributed by atoms with Crippen LogP contribution in [0.25, 0.3) is 11.3 Å². The van der Waals surface area contributed by atoms with Crippen molar-refractivity contribution in [3.63, 3.8) is 0 Å². The zero-order valence-electron chi connectivity index (χ0n) is 12.9. The standard InChI is InChI=1S/C17H19NO4/c1-17(2,20)12-5-6-13(18(3)16(12)19)11-4-7-14-15(10-11)22-9-8-21-14/h4-7,10,20H,8-9H2,1-3H3. The molecule has 0 saturated heterocycles. The van der Waals surface area contributed by atoms with E-state index >= 15 is 0 Å². The first-order valence-corrected chi connectivity index (χ1v) is 7.21. The Hall–Kier alpha value is -2.27. The van der Waals surface area contributed by atoms with E-state index in [1.807, 2.05) is 24.3 Å². The number of fused-ring (bicyclic) bond motifs is 1. The Kier molecular flexibility index (Phi) is 3.45.